The molecule has 33 heavy (non-hydrogen) atoms. The Kier molecular flexibility index (Phi) is 5.84. The maximum absolute atomic E-state index is 13.5. The van der Waals surface area contributed by atoms with E-state index in [1.807, 2.05) is 42.5 Å². The molecule has 1 aliphatic carbocycles. The topological polar surface area (TPSA) is 78.9 Å². The summed E-state index contributed by atoms with van der Waals surface area (Å²) in [7, 11) is 3.78. The van der Waals surface area contributed by atoms with E-state index in [4.69, 9.17) is 14.2 Å². The van der Waals surface area contributed by atoms with Gasteiger partial charge in [0.25, 0.3) is 0 Å². The number of hydrogen-bond acceptors (Lipinski definition) is 6. The first kappa shape index (κ1) is 22.0. The van der Waals surface area contributed by atoms with Crippen molar-refractivity contribution in [2.24, 2.45) is 0 Å². The highest BCUT2D eigenvalue weighted by molar-refractivity contribution is 6.28. The zero-order valence-corrected chi connectivity index (χ0v) is 18.5. The molecule has 6 nitrogen and oxygen atoms in total. The lowest BCUT2D eigenvalue weighted by Gasteiger charge is -2.28. The van der Waals surface area contributed by atoms with Gasteiger partial charge in [0.2, 0.25) is 5.41 Å². The van der Waals surface area contributed by atoms with Gasteiger partial charge in [0.1, 0.15) is 0 Å². The second-order valence-corrected chi connectivity index (χ2v) is 7.43. The van der Waals surface area contributed by atoms with E-state index in [9.17, 15) is 14.4 Å². The van der Waals surface area contributed by atoms with Crippen LogP contribution in [-0.4, -0.2) is 39.2 Å². The van der Waals surface area contributed by atoms with Crippen LogP contribution in [0.3, 0.4) is 0 Å². The fraction of sp³-hybridized carbons (Fsp3) is 0.148. The molecule has 0 saturated carbocycles. The third kappa shape index (κ3) is 3.22. The Balaban J connectivity index is 2.24. The first-order chi connectivity index (χ1) is 16.0. The molecule has 3 aromatic rings. The number of hydrogen-bond donors (Lipinski definition) is 0. The summed E-state index contributed by atoms with van der Waals surface area (Å²) in [6.07, 6.45) is 0. The largest absolute Gasteiger partial charge is 0.468 e. The van der Waals surface area contributed by atoms with E-state index < -0.39 is 23.3 Å². The molecular weight excluding hydrogens is 420 g/mol. The minimum Gasteiger partial charge on any atom is -0.468 e. The lowest BCUT2D eigenvalue weighted by Crippen LogP contribution is -2.45. The van der Waals surface area contributed by atoms with Gasteiger partial charge in [-0.05, 0) is 33.9 Å². The lowest BCUT2D eigenvalue weighted by molar-refractivity contribution is -0.158. The Morgan fingerprint density at radius 1 is 0.636 bits per heavy atom. The summed E-state index contributed by atoms with van der Waals surface area (Å²) in [4.78, 5) is 39.6. The van der Waals surface area contributed by atoms with Gasteiger partial charge in [-0.3, -0.25) is 9.59 Å². The van der Waals surface area contributed by atoms with Crippen LogP contribution in [0.5, 0.6) is 0 Å². The molecule has 166 valence electrons. The number of rotatable bonds is 5. The summed E-state index contributed by atoms with van der Waals surface area (Å²) in [6, 6.07) is 23.1. The lowest BCUT2D eigenvalue weighted by atomic mass is 9.74. The van der Waals surface area contributed by atoms with Crippen molar-refractivity contribution in [3.8, 4) is 0 Å². The summed E-state index contributed by atoms with van der Waals surface area (Å²) in [6.45, 7) is 0. The van der Waals surface area contributed by atoms with Crippen LogP contribution < -0.4 is 0 Å². The molecule has 3 aromatic carbocycles. The highest BCUT2D eigenvalue weighted by Crippen LogP contribution is 2.55. The smallest absolute Gasteiger partial charge is 0.338 e. The van der Waals surface area contributed by atoms with Gasteiger partial charge in [-0.2, -0.15) is 0 Å². The maximum atomic E-state index is 13.5. The molecule has 0 heterocycles. The van der Waals surface area contributed by atoms with Crippen molar-refractivity contribution in [2.75, 3.05) is 21.3 Å². The Morgan fingerprint density at radius 2 is 1.18 bits per heavy atom. The average Bonchev–Trinajstić information content (AvgIpc) is 3.19. The molecule has 4 rings (SSSR count). The molecule has 0 bridgehead atoms. The van der Waals surface area contributed by atoms with Gasteiger partial charge in [-0.15, -0.1) is 0 Å². The fourth-order valence-electron chi connectivity index (χ4n) is 4.53. The van der Waals surface area contributed by atoms with Crippen LogP contribution in [0.4, 0.5) is 0 Å². The van der Waals surface area contributed by atoms with Crippen LogP contribution >= 0.6 is 0 Å². The number of esters is 3. The molecule has 1 aliphatic rings. The number of carbonyl (C=O) groups excluding carboxylic acids is 3. The predicted molar refractivity (Wildman–Crippen MR) is 122 cm³/mol. The van der Waals surface area contributed by atoms with Gasteiger partial charge >= 0.3 is 17.9 Å². The van der Waals surface area contributed by atoms with Crippen molar-refractivity contribution >= 4 is 29.1 Å². The minimum absolute atomic E-state index is 0.309. The average molecular weight is 442 g/mol. The van der Waals surface area contributed by atoms with Crippen LogP contribution in [0.2, 0.25) is 0 Å². The van der Waals surface area contributed by atoms with E-state index in [0.29, 0.717) is 39.0 Å². The summed E-state index contributed by atoms with van der Waals surface area (Å²) < 4.78 is 15.4. The summed E-state index contributed by atoms with van der Waals surface area (Å²) in [5, 5.41) is 0. The maximum Gasteiger partial charge on any atom is 0.338 e. The van der Waals surface area contributed by atoms with Crippen molar-refractivity contribution in [3.05, 3.63) is 107 Å². The standard InChI is InChI=1S/C27H22O6/c1-31-24(28)19-14-8-7-13-18(19)22-20-15-9-10-16-21(20)27(25(29)32-2,26(30)33-3)23(22)17-11-5-4-6-12-17/h4-16H,1-3H3. The SMILES string of the molecule is COC(=O)c1ccccc1C1=C(c2ccccc2)C(C(=O)OC)(C(=O)OC)c2ccccc21. The van der Waals surface area contributed by atoms with Crippen LogP contribution in [0.25, 0.3) is 11.1 Å². The van der Waals surface area contributed by atoms with E-state index in [1.165, 1.54) is 21.3 Å². The van der Waals surface area contributed by atoms with Crippen LogP contribution in [0.1, 0.15) is 32.6 Å². The molecule has 0 spiro atoms. The molecule has 0 aliphatic heterocycles. The second kappa shape index (κ2) is 8.74. The molecule has 0 radical (unpaired) electrons. The Labute approximate surface area is 191 Å². The van der Waals surface area contributed by atoms with E-state index in [0.717, 1.165) is 0 Å². The second-order valence-electron chi connectivity index (χ2n) is 7.43. The van der Waals surface area contributed by atoms with Crippen molar-refractivity contribution in [1.82, 2.24) is 0 Å². The predicted octanol–water partition coefficient (Wildman–Crippen LogP) is 4.03. The fourth-order valence-corrected chi connectivity index (χ4v) is 4.53. The zero-order valence-electron chi connectivity index (χ0n) is 18.5. The highest BCUT2D eigenvalue weighted by Gasteiger charge is 2.59. The minimum atomic E-state index is -1.87. The van der Waals surface area contributed by atoms with Gasteiger partial charge < -0.3 is 14.2 Å². The summed E-state index contributed by atoms with van der Waals surface area (Å²) in [5.41, 5.74) is 1.60. The Hall–Kier alpha value is -4.19. The summed E-state index contributed by atoms with van der Waals surface area (Å²) >= 11 is 0. The Bertz CT molecular complexity index is 1260. The van der Waals surface area contributed by atoms with Crippen molar-refractivity contribution in [2.45, 2.75) is 5.41 Å². The zero-order chi connectivity index (χ0) is 23.6. The van der Waals surface area contributed by atoms with Crippen molar-refractivity contribution in [3.63, 3.8) is 0 Å². The van der Waals surface area contributed by atoms with Gasteiger partial charge in [0.15, 0.2) is 0 Å². The van der Waals surface area contributed by atoms with Crippen LogP contribution in [0.15, 0.2) is 78.9 Å². The van der Waals surface area contributed by atoms with Crippen molar-refractivity contribution in [1.29, 1.82) is 0 Å². The monoisotopic (exact) mass is 442 g/mol. The van der Waals surface area contributed by atoms with E-state index in [-0.39, 0.29) is 0 Å². The quantitative estimate of drug-likeness (QED) is 0.337. The first-order valence-corrected chi connectivity index (χ1v) is 10.3. The Morgan fingerprint density at radius 3 is 1.79 bits per heavy atom. The molecule has 0 amide bonds. The molecule has 0 saturated heterocycles. The molecule has 0 atom stereocenters. The van der Waals surface area contributed by atoms with Gasteiger partial charge in [0, 0.05) is 5.57 Å². The molecular formula is C27H22O6. The number of methoxy groups -OCH3 is 3. The highest BCUT2D eigenvalue weighted by atomic mass is 16.5. The van der Waals surface area contributed by atoms with Crippen LogP contribution in [-0.2, 0) is 29.2 Å². The molecule has 0 N–H and O–H groups in total. The van der Waals surface area contributed by atoms with Gasteiger partial charge in [-0.25, -0.2) is 4.79 Å². The summed E-state index contributed by atoms with van der Waals surface area (Å²) in [5.74, 6) is -2.07. The number of benzene rings is 3. The van der Waals surface area contributed by atoms with Crippen molar-refractivity contribution < 1.29 is 28.6 Å². The normalized spacial score (nSPS) is 13.8. The van der Waals surface area contributed by atoms with E-state index >= 15 is 0 Å². The molecule has 6 heteroatoms. The van der Waals surface area contributed by atoms with Gasteiger partial charge in [-0.1, -0.05) is 72.8 Å². The molecule has 0 unspecified atom stereocenters. The van der Waals surface area contributed by atoms with E-state index in [2.05, 4.69) is 0 Å². The molecule has 0 aromatic heterocycles. The van der Waals surface area contributed by atoms with E-state index in [1.54, 1.807) is 36.4 Å². The third-order valence-electron chi connectivity index (χ3n) is 5.87. The number of ether oxygens (including phenoxy) is 3. The number of fused-ring (bicyclic) bond motifs is 1. The van der Waals surface area contributed by atoms with Crippen LogP contribution in [0, 0.1) is 0 Å². The third-order valence-corrected chi connectivity index (χ3v) is 5.87. The molecule has 0 fully saturated rings. The number of carbonyl (C=O) groups is 3. The van der Waals surface area contributed by atoms with Gasteiger partial charge in [0.05, 0.1) is 26.9 Å². The first-order valence-electron chi connectivity index (χ1n) is 10.3.